The van der Waals surface area contributed by atoms with E-state index in [4.69, 9.17) is 25.7 Å². The second-order valence-electron chi connectivity index (χ2n) is 19.6. The molecule has 5 atom stereocenters. The van der Waals surface area contributed by atoms with Gasteiger partial charge in [-0.2, -0.15) is 0 Å². The Hall–Kier alpha value is -6.66. The van der Waals surface area contributed by atoms with Crippen LogP contribution in [0.4, 0.5) is 0 Å². The molecule has 2 aliphatic rings. The van der Waals surface area contributed by atoms with Crippen LogP contribution in [-0.4, -0.2) is 92.0 Å². The number of carbonyl (C=O) groups excluding carboxylic acids is 4. The summed E-state index contributed by atoms with van der Waals surface area (Å²) in [7, 11) is 0. The number of amides is 4. The number of aliphatic imine (C=N–C) groups is 1. The second-order valence-corrected chi connectivity index (χ2v) is 22.1. The van der Waals surface area contributed by atoms with E-state index in [0.717, 1.165) is 43.4 Å². The molecule has 0 radical (unpaired) electrons. The van der Waals surface area contributed by atoms with Crippen molar-refractivity contribution in [2.24, 2.45) is 10.4 Å². The molecule has 4 amide bonds. The number of hydrogen-bond acceptors (Lipinski definition) is 12. The molecule has 374 valence electrons. The molecule has 18 heteroatoms. The maximum Gasteiger partial charge on any atom is 0.287 e. The molecule has 4 N–H and O–H groups in total. The molecular formula is C54H57ClN8O7S2. The van der Waals surface area contributed by atoms with Gasteiger partial charge in [0, 0.05) is 44.3 Å². The van der Waals surface area contributed by atoms with Crippen LogP contribution in [0.25, 0.3) is 26.4 Å². The van der Waals surface area contributed by atoms with Gasteiger partial charge in [-0.15, -0.1) is 32.9 Å². The van der Waals surface area contributed by atoms with Gasteiger partial charge in [0.1, 0.15) is 46.9 Å². The van der Waals surface area contributed by atoms with Gasteiger partial charge in [0.25, 0.3) is 5.91 Å². The molecule has 1 unspecified atom stereocenters. The number of hydrogen-bond donors (Lipinski definition) is 4. The zero-order chi connectivity index (χ0) is 51.2. The molecule has 6 heterocycles. The number of aryl methyl sites for hydroxylation is 3. The minimum atomic E-state index is -1.07. The number of carbonyl (C=O) groups is 4. The van der Waals surface area contributed by atoms with Crippen molar-refractivity contribution in [1.29, 1.82) is 0 Å². The summed E-state index contributed by atoms with van der Waals surface area (Å²) in [6, 6.07) is 21.4. The van der Waals surface area contributed by atoms with Crippen molar-refractivity contribution in [1.82, 2.24) is 35.6 Å². The van der Waals surface area contributed by atoms with Crippen LogP contribution in [0.5, 0.6) is 5.75 Å². The van der Waals surface area contributed by atoms with Crippen LogP contribution in [0.3, 0.4) is 0 Å². The first-order valence-electron chi connectivity index (χ1n) is 23.9. The normalized spacial score (nSPS) is 17.4. The zero-order valence-electron chi connectivity index (χ0n) is 41.3. The van der Waals surface area contributed by atoms with Crippen LogP contribution in [0.1, 0.15) is 108 Å². The smallest absolute Gasteiger partial charge is 0.287 e. The Balaban J connectivity index is 0.815. The summed E-state index contributed by atoms with van der Waals surface area (Å²) in [5.74, 6) is 0.0257. The van der Waals surface area contributed by atoms with Gasteiger partial charge in [-0.3, -0.25) is 28.7 Å². The van der Waals surface area contributed by atoms with Crippen LogP contribution in [0.15, 0.2) is 93.7 Å². The lowest BCUT2D eigenvalue weighted by Gasteiger charge is -2.35. The first-order chi connectivity index (χ1) is 34.3. The highest BCUT2D eigenvalue weighted by atomic mass is 35.5. The summed E-state index contributed by atoms with van der Waals surface area (Å²) in [6.45, 7) is 15.8. The molecule has 9 rings (SSSR count). The lowest BCUT2D eigenvalue weighted by atomic mass is 9.85. The maximum atomic E-state index is 14.4. The van der Waals surface area contributed by atoms with Crippen molar-refractivity contribution in [3.05, 3.63) is 139 Å². The predicted octanol–water partition coefficient (Wildman–Crippen LogP) is 9.15. The van der Waals surface area contributed by atoms with Crippen molar-refractivity contribution >= 4 is 74.6 Å². The third kappa shape index (κ3) is 10.3. The molecule has 15 nitrogen and oxygen atoms in total. The molecule has 1 saturated heterocycles. The molecule has 72 heavy (non-hydrogen) atoms. The van der Waals surface area contributed by atoms with Crippen LogP contribution in [0.2, 0.25) is 5.02 Å². The first-order valence-corrected chi connectivity index (χ1v) is 26.0. The molecule has 1 fully saturated rings. The van der Waals surface area contributed by atoms with Gasteiger partial charge >= 0.3 is 0 Å². The minimum Gasteiger partial charge on any atom is -0.492 e. The van der Waals surface area contributed by atoms with Crippen molar-refractivity contribution in [3.8, 4) is 21.2 Å². The summed E-state index contributed by atoms with van der Waals surface area (Å²) >= 11 is 9.58. The minimum absolute atomic E-state index is 0.0203. The summed E-state index contributed by atoms with van der Waals surface area (Å²) in [6.07, 6.45) is -0.826. The largest absolute Gasteiger partial charge is 0.492 e. The van der Waals surface area contributed by atoms with E-state index in [0.29, 0.717) is 33.4 Å². The number of fused-ring (bicyclic) bond motifs is 4. The third-order valence-electron chi connectivity index (χ3n) is 13.3. The van der Waals surface area contributed by atoms with E-state index < -0.39 is 41.5 Å². The highest BCUT2D eigenvalue weighted by molar-refractivity contribution is 7.15. The topological polar surface area (TPSA) is 193 Å². The first kappa shape index (κ1) is 50.3. The zero-order valence-corrected chi connectivity index (χ0v) is 43.7. The summed E-state index contributed by atoms with van der Waals surface area (Å²) in [5, 5.41) is 32.7. The Morgan fingerprint density at radius 3 is 2.39 bits per heavy atom. The number of aliphatic hydroxyl groups excluding tert-OH is 1. The Kier molecular flexibility index (Phi) is 14.3. The van der Waals surface area contributed by atoms with E-state index in [9.17, 15) is 24.3 Å². The van der Waals surface area contributed by atoms with Gasteiger partial charge in [-0.05, 0) is 110 Å². The van der Waals surface area contributed by atoms with Gasteiger partial charge in [0.2, 0.25) is 17.7 Å². The number of nitrogens with one attached hydrogen (secondary N) is 3. The van der Waals surface area contributed by atoms with E-state index >= 15 is 0 Å². The number of furan rings is 1. The highest BCUT2D eigenvalue weighted by Gasteiger charge is 2.45. The number of aromatic nitrogens is 3. The van der Waals surface area contributed by atoms with Crippen LogP contribution in [0, 0.1) is 33.1 Å². The number of benzene rings is 3. The Labute approximate surface area is 430 Å². The SMILES string of the molecule is Cc1ccsc1-c1ccc(C(C)NC(=O)[C@@H]2C[C@@H](O)CN2C(=O)[C@@H](NC(=O)c2cc3cc(OCCNC(=O)C[C@@H]4N=C(c5ccc(Cl)cc5)c5c(sc(C)c5C)-n5c(C)nnc54)ccc3o2)C(C)(C)C)cc1. The van der Waals surface area contributed by atoms with Crippen LogP contribution in [-0.2, 0) is 14.4 Å². The Bertz CT molecular complexity index is 3220. The Morgan fingerprint density at radius 1 is 0.944 bits per heavy atom. The molecular weight excluding hydrogens is 972 g/mol. The van der Waals surface area contributed by atoms with Crippen molar-refractivity contribution in [2.45, 2.75) is 98.5 Å². The summed E-state index contributed by atoms with van der Waals surface area (Å²) < 4.78 is 14.0. The predicted molar refractivity (Wildman–Crippen MR) is 280 cm³/mol. The fourth-order valence-electron chi connectivity index (χ4n) is 9.27. The van der Waals surface area contributed by atoms with E-state index in [1.807, 2.05) is 87.7 Å². The number of ether oxygens (including phenoxy) is 1. The monoisotopic (exact) mass is 1030 g/mol. The molecule has 0 bridgehead atoms. The fraction of sp³-hybridized carbons (Fsp3) is 0.352. The number of β-amino-alcohol motifs (C(OH)–C–C–N with tert-alkyl or cyclic N) is 1. The van der Waals surface area contributed by atoms with Gasteiger partial charge < -0.3 is 35.1 Å². The highest BCUT2D eigenvalue weighted by Crippen LogP contribution is 2.40. The number of rotatable bonds is 14. The lowest BCUT2D eigenvalue weighted by molar-refractivity contribution is -0.142. The lowest BCUT2D eigenvalue weighted by Crippen LogP contribution is -2.57. The van der Waals surface area contributed by atoms with Crippen LogP contribution >= 0.6 is 34.3 Å². The van der Waals surface area contributed by atoms with Gasteiger partial charge in [0.05, 0.1) is 30.8 Å². The summed E-state index contributed by atoms with van der Waals surface area (Å²) in [5.41, 5.74) is 6.57. The summed E-state index contributed by atoms with van der Waals surface area (Å²) in [4.78, 5) is 64.5. The molecule has 0 spiro atoms. The number of thiophene rings is 2. The average Bonchev–Trinajstić information content (AvgIpc) is 4.18. The Morgan fingerprint density at radius 2 is 1.68 bits per heavy atom. The van der Waals surface area contributed by atoms with Gasteiger partial charge in [-0.1, -0.05) is 68.8 Å². The number of halogens is 1. The number of likely N-dealkylation sites (tertiary alicyclic amines) is 1. The third-order valence-corrected chi connectivity index (χ3v) is 15.8. The second kappa shape index (κ2) is 20.5. The van der Waals surface area contributed by atoms with Crippen molar-refractivity contribution in [3.63, 3.8) is 0 Å². The average molecular weight is 1030 g/mol. The molecule has 3 aromatic carbocycles. The van der Waals surface area contributed by atoms with E-state index in [-0.39, 0.29) is 56.2 Å². The van der Waals surface area contributed by atoms with Crippen LogP contribution < -0.4 is 20.7 Å². The van der Waals surface area contributed by atoms with Gasteiger partial charge in [0.15, 0.2) is 11.6 Å². The fourth-order valence-corrected chi connectivity index (χ4v) is 11.5. The molecule has 4 aromatic heterocycles. The van der Waals surface area contributed by atoms with Gasteiger partial charge in [-0.25, -0.2) is 0 Å². The van der Waals surface area contributed by atoms with Crippen molar-refractivity contribution in [2.75, 3.05) is 19.7 Å². The van der Waals surface area contributed by atoms with E-state index in [2.05, 4.69) is 58.4 Å². The molecule has 7 aromatic rings. The standard InChI is InChI=1S/C54H57ClN8O7S2/c1-28-19-22-71-47(28)35-11-9-33(10-12-35)30(3)57-50(66)41-25-38(64)27-62(41)52(68)48(54(6,7)8)59-51(67)43-24-36-23-39(17-18-42(36)70-43)69-21-20-56-44(65)26-40-49-61-60-32(5)63(49)53-45(29(2)31(4)72-53)46(58-40)34-13-15-37(55)16-14-34/h9-19,22-24,30,38,40-41,48,64H,20-21,25-27H2,1-8H3,(H,56,65)(H,57,66)(H,59,67)/t30?,38-,40+,41+,48-/m1/s1. The van der Waals surface area contributed by atoms with Crippen molar-refractivity contribution < 1.29 is 33.4 Å². The van der Waals surface area contributed by atoms with E-state index in [1.165, 1.54) is 15.3 Å². The molecule has 2 aliphatic heterocycles. The quantitative estimate of drug-likeness (QED) is 0.0769. The molecule has 0 aliphatic carbocycles. The maximum absolute atomic E-state index is 14.4. The molecule has 0 saturated carbocycles. The van der Waals surface area contributed by atoms with E-state index in [1.54, 1.807) is 46.9 Å². The number of aliphatic hydroxyl groups is 1. The number of nitrogens with zero attached hydrogens (tertiary/aromatic N) is 5.